The number of halogens is 4. The van der Waals surface area contributed by atoms with Crippen molar-refractivity contribution in [3.8, 4) is 0 Å². The first-order chi connectivity index (χ1) is 6.56. The van der Waals surface area contributed by atoms with E-state index in [1.807, 2.05) is 6.92 Å². The minimum atomic E-state index is -1.19. The van der Waals surface area contributed by atoms with E-state index in [-0.39, 0.29) is 18.0 Å². The summed E-state index contributed by atoms with van der Waals surface area (Å²) in [6, 6.07) is 0.778. The molecule has 0 spiro atoms. The molecule has 1 aromatic carbocycles. The van der Waals surface area contributed by atoms with E-state index in [0.29, 0.717) is 12.5 Å². The van der Waals surface area contributed by atoms with Gasteiger partial charge < -0.3 is 5.73 Å². The zero-order chi connectivity index (χ0) is 10.7. The summed E-state index contributed by atoms with van der Waals surface area (Å²) in [6.45, 7) is 1.89. The van der Waals surface area contributed by atoms with Gasteiger partial charge in [0.05, 0.1) is 0 Å². The molecule has 1 rings (SSSR count). The summed E-state index contributed by atoms with van der Waals surface area (Å²) in [6.07, 6.45) is 1.31. The third kappa shape index (κ3) is 3.39. The monoisotopic (exact) mass is 239 g/mol. The van der Waals surface area contributed by atoms with Crippen LogP contribution in [0.25, 0.3) is 0 Å². The van der Waals surface area contributed by atoms with Gasteiger partial charge in [-0.25, -0.2) is 13.2 Å². The highest BCUT2D eigenvalue weighted by Crippen LogP contribution is 2.21. The minimum absolute atomic E-state index is 0. The van der Waals surface area contributed by atoms with Crippen LogP contribution in [0.4, 0.5) is 13.2 Å². The van der Waals surface area contributed by atoms with E-state index in [4.69, 9.17) is 5.73 Å². The summed E-state index contributed by atoms with van der Waals surface area (Å²) < 4.78 is 38.4. The Morgan fingerprint density at radius 1 is 1.13 bits per heavy atom. The lowest BCUT2D eigenvalue weighted by Gasteiger charge is -2.11. The average Bonchev–Trinajstić information content (AvgIpc) is 2.11. The standard InChI is InChI=1S/C10H12F3N.ClH/c1-2-3-10(14)6-4-8(12)9(13)5-7(6)11;/h4-5,10H,2-3,14H2,1H3;1H/t10-;/m0./s1. The summed E-state index contributed by atoms with van der Waals surface area (Å²) in [5.74, 6) is -3.03. The van der Waals surface area contributed by atoms with Crippen molar-refractivity contribution in [1.82, 2.24) is 0 Å². The lowest BCUT2D eigenvalue weighted by Crippen LogP contribution is -2.12. The van der Waals surface area contributed by atoms with Gasteiger partial charge in [0.1, 0.15) is 5.82 Å². The van der Waals surface area contributed by atoms with Gasteiger partial charge in [0, 0.05) is 17.7 Å². The molecular formula is C10H13ClF3N. The van der Waals surface area contributed by atoms with Gasteiger partial charge in [-0.3, -0.25) is 0 Å². The van der Waals surface area contributed by atoms with Gasteiger partial charge in [-0.2, -0.15) is 0 Å². The molecule has 0 aromatic heterocycles. The average molecular weight is 240 g/mol. The SMILES string of the molecule is CCC[C@H](N)c1cc(F)c(F)cc1F.Cl. The zero-order valence-corrected chi connectivity index (χ0v) is 9.08. The van der Waals surface area contributed by atoms with Crippen LogP contribution >= 0.6 is 12.4 Å². The molecule has 0 fully saturated rings. The van der Waals surface area contributed by atoms with Crippen LogP contribution in [0.15, 0.2) is 12.1 Å². The maximum absolute atomic E-state index is 13.1. The van der Waals surface area contributed by atoms with E-state index in [2.05, 4.69) is 0 Å². The Balaban J connectivity index is 0.00000196. The van der Waals surface area contributed by atoms with Crippen molar-refractivity contribution in [2.75, 3.05) is 0 Å². The van der Waals surface area contributed by atoms with Gasteiger partial charge in [0.25, 0.3) is 0 Å². The molecule has 1 atom stereocenters. The summed E-state index contributed by atoms with van der Waals surface area (Å²) >= 11 is 0. The number of hydrogen-bond acceptors (Lipinski definition) is 1. The Labute approximate surface area is 92.9 Å². The van der Waals surface area contributed by atoms with E-state index in [9.17, 15) is 13.2 Å². The van der Waals surface area contributed by atoms with Gasteiger partial charge in [0.15, 0.2) is 11.6 Å². The molecule has 15 heavy (non-hydrogen) atoms. The second-order valence-electron chi connectivity index (χ2n) is 3.18. The van der Waals surface area contributed by atoms with Gasteiger partial charge >= 0.3 is 0 Å². The molecule has 5 heteroatoms. The van der Waals surface area contributed by atoms with Crippen molar-refractivity contribution >= 4 is 12.4 Å². The van der Waals surface area contributed by atoms with Crippen LogP contribution in [0, 0.1) is 17.5 Å². The molecule has 0 unspecified atom stereocenters. The van der Waals surface area contributed by atoms with Crippen molar-refractivity contribution in [1.29, 1.82) is 0 Å². The van der Waals surface area contributed by atoms with Crippen LogP contribution in [0.2, 0.25) is 0 Å². The Bertz CT molecular complexity index is 331. The van der Waals surface area contributed by atoms with Crippen molar-refractivity contribution in [2.45, 2.75) is 25.8 Å². The summed E-state index contributed by atoms with van der Waals surface area (Å²) in [5, 5.41) is 0. The van der Waals surface area contributed by atoms with Crippen LogP contribution in [-0.2, 0) is 0 Å². The molecule has 2 N–H and O–H groups in total. The molecule has 0 aliphatic heterocycles. The van der Waals surface area contributed by atoms with Crippen LogP contribution < -0.4 is 5.73 Å². The predicted octanol–water partition coefficient (Wildman–Crippen LogP) is 3.33. The van der Waals surface area contributed by atoms with E-state index >= 15 is 0 Å². The molecule has 86 valence electrons. The molecule has 0 heterocycles. The molecular weight excluding hydrogens is 227 g/mol. The minimum Gasteiger partial charge on any atom is -0.324 e. The normalized spacial score (nSPS) is 12.1. The van der Waals surface area contributed by atoms with Crippen LogP contribution in [-0.4, -0.2) is 0 Å². The maximum Gasteiger partial charge on any atom is 0.161 e. The maximum atomic E-state index is 13.1. The predicted molar refractivity (Wildman–Crippen MR) is 55.4 cm³/mol. The topological polar surface area (TPSA) is 26.0 Å². The molecule has 1 nitrogen and oxygen atoms in total. The largest absolute Gasteiger partial charge is 0.324 e. The van der Waals surface area contributed by atoms with Gasteiger partial charge in [-0.05, 0) is 12.5 Å². The molecule has 0 aliphatic carbocycles. The molecule has 0 saturated carbocycles. The van der Waals surface area contributed by atoms with Crippen molar-refractivity contribution < 1.29 is 13.2 Å². The van der Waals surface area contributed by atoms with Crippen LogP contribution in [0.1, 0.15) is 31.4 Å². The molecule has 0 bridgehead atoms. The highest BCUT2D eigenvalue weighted by atomic mass is 35.5. The fourth-order valence-corrected chi connectivity index (χ4v) is 1.29. The Morgan fingerprint density at radius 3 is 2.20 bits per heavy atom. The van der Waals surface area contributed by atoms with Crippen LogP contribution in [0.3, 0.4) is 0 Å². The van der Waals surface area contributed by atoms with Gasteiger partial charge in [-0.1, -0.05) is 13.3 Å². The van der Waals surface area contributed by atoms with E-state index in [1.54, 1.807) is 0 Å². The lowest BCUT2D eigenvalue weighted by atomic mass is 10.0. The highest BCUT2D eigenvalue weighted by Gasteiger charge is 2.14. The first-order valence-corrected chi connectivity index (χ1v) is 4.46. The third-order valence-electron chi connectivity index (χ3n) is 2.04. The molecule has 0 saturated heterocycles. The number of benzene rings is 1. The molecule has 1 aromatic rings. The quantitative estimate of drug-likeness (QED) is 0.805. The number of rotatable bonds is 3. The second-order valence-corrected chi connectivity index (χ2v) is 3.18. The summed E-state index contributed by atoms with van der Waals surface area (Å²) in [5.41, 5.74) is 5.63. The zero-order valence-electron chi connectivity index (χ0n) is 8.27. The molecule has 0 aliphatic rings. The fraction of sp³-hybridized carbons (Fsp3) is 0.400. The van der Waals surface area contributed by atoms with E-state index in [1.165, 1.54) is 0 Å². The van der Waals surface area contributed by atoms with Gasteiger partial charge in [-0.15, -0.1) is 12.4 Å². The molecule has 0 radical (unpaired) electrons. The third-order valence-corrected chi connectivity index (χ3v) is 2.04. The number of nitrogens with two attached hydrogens (primary N) is 1. The Morgan fingerprint density at radius 2 is 1.67 bits per heavy atom. The highest BCUT2D eigenvalue weighted by molar-refractivity contribution is 5.85. The first kappa shape index (κ1) is 14.3. The van der Waals surface area contributed by atoms with Crippen molar-refractivity contribution in [3.05, 3.63) is 35.1 Å². The smallest absolute Gasteiger partial charge is 0.161 e. The lowest BCUT2D eigenvalue weighted by molar-refractivity contribution is 0.480. The van der Waals surface area contributed by atoms with Gasteiger partial charge in [0.2, 0.25) is 0 Å². The van der Waals surface area contributed by atoms with E-state index < -0.39 is 23.5 Å². The first-order valence-electron chi connectivity index (χ1n) is 4.46. The van der Waals surface area contributed by atoms with Crippen LogP contribution in [0.5, 0.6) is 0 Å². The fourth-order valence-electron chi connectivity index (χ4n) is 1.29. The van der Waals surface area contributed by atoms with Crippen molar-refractivity contribution in [3.63, 3.8) is 0 Å². The Hall–Kier alpha value is -0.740. The summed E-state index contributed by atoms with van der Waals surface area (Å²) in [4.78, 5) is 0. The molecule has 0 amide bonds. The van der Waals surface area contributed by atoms with Crippen molar-refractivity contribution in [2.24, 2.45) is 5.73 Å². The number of hydrogen-bond donors (Lipinski definition) is 1. The van der Waals surface area contributed by atoms with E-state index in [0.717, 1.165) is 12.5 Å². The second kappa shape index (κ2) is 5.98. The summed E-state index contributed by atoms with van der Waals surface area (Å²) in [7, 11) is 0. The Kier molecular flexibility index (Phi) is 5.68.